The summed E-state index contributed by atoms with van der Waals surface area (Å²) in [6.45, 7) is 0. The zero-order valence-corrected chi connectivity index (χ0v) is 8.72. The Kier molecular flexibility index (Phi) is 3.00. The molecule has 2 N–H and O–H groups in total. The molecule has 2 rings (SSSR count). The van der Waals surface area contributed by atoms with Gasteiger partial charge >= 0.3 is 0 Å². The van der Waals surface area contributed by atoms with Crippen molar-refractivity contribution >= 4 is 11.6 Å². The van der Waals surface area contributed by atoms with E-state index in [0.29, 0.717) is 5.69 Å². The SMILES string of the molecule is O=C(Nc1cccc(F)c1)c1ccncc1O. The van der Waals surface area contributed by atoms with Gasteiger partial charge < -0.3 is 10.4 Å². The Morgan fingerprint density at radius 3 is 2.88 bits per heavy atom. The first-order valence-corrected chi connectivity index (χ1v) is 4.87. The van der Waals surface area contributed by atoms with Crippen molar-refractivity contribution in [2.24, 2.45) is 0 Å². The van der Waals surface area contributed by atoms with E-state index in [1.54, 1.807) is 6.07 Å². The molecule has 0 aliphatic rings. The molecule has 86 valence electrons. The number of anilines is 1. The third kappa shape index (κ3) is 2.57. The fourth-order valence-electron chi connectivity index (χ4n) is 1.34. The molecule has 2 aromatic rings. The van der Waals surface area contributed by atoms with Gasteiger partial charge in [-0.1, -0.05) is 6.07 Å². The van der Waals surface area contributed by atoms with Crippen molar-refractivity contribution in [3.05, 3.63) is 54.1 Å². The Hall–Kier alpha value is -2.43. The van der Waals surface area contributed by atoms with Crippen LogP contribution in [0.2, 0.25) is 0 Å². The number of rotatable bonds is 2. The largest absolute Gasteiger partial charge is 0.505 e. The summed E-state index contributed by atoms with van der Waals surface area (Å²) < 4.78 is 12.9. The average molecular weight is 232 g/mol. The lowest BCUT2D eigenvalue weighted by atomic mass is 10.2. The zero-order chi connectivity index (χ0) is 12.3. The highest BCUT2D eigenvalue weighted by molar-refractivity contribution is 6.05. The molecule has 0 radical (unpaired) electrons. The molecular weight excluding hydrogens is 223 g/mol. The third-order valence-electron chi connectivity index (χ3n) is 2.13. The van der Waals surface area contributed by atoms with E-state index >= 15 is 0 Å². The number of pyridine rings is 1. The molecule has 0 atom stereocenters. The lowest BCUT2D eigenvalue weighted by Gasteiger charge is -2.06. The summed E-state index contributed by atoms with van der Waals surface area (Å²) >= 11 is 0. The molecule has 0 fully saturated rings. The van der Waals surface area contributed by atoms with Crippen LogP contribution in [0.15, 0.2) is 42.7 Å². The summed E-state index contributed by atoms with van der Waals surface area (Å²) in [4.78, 5) is 15.4. The second-order valence-corrected chi connectivity index (χ2v) is 3.36. The first kappa shape index (κ1) is 11.1. The van der Waals surface area contributed by atoms with Gasteiger partial charge in [0, 0.05) is 11.9 Å². The van der Waals surface area contributed by atoms with Gasteiger partial charge in [-0.15, -0.1) is 0 Å². The van der Waals surface area contributed by atoms with Gasteiger partial charge in [0.25, 0.3) is 5.91 Å². The Labute approximate surface area is 96.7 Å². The number of carbonyl (C=O) groups is 1. The zero-order valence-electron chi connectivity index (χ0n) is 8.72. The smallest absolute Gasteiger partial charge is 0.259 e. The minimum Gasteiger partial charge on any atom is -0.505 e. The Morgan fingerprint density at radius 1 is 1.35 bits per heavy atom. The number of hydrogen-bond donors (Lipinski definition) is 2. The van der Waals surface area contributed by atoms with Crippen LogP contribution in [-0.2, 0) is 0 Å². The van der Waals surface area contributed by atoms with E-state index in [1.807, 2.05) is 0 Å². The number of aromatic hydroxyl groups is 1. The lowest BCUT2D eigenvalue weighted by molar-refractivity contribution is 0.102. The van der Waals surface area contributed by atoms with E-state index in [-0.39, 0.29) is 11.3 Å². The first-order chi connectivity index (χ1) is 8.16. The predicted octanol–water partition coefficient (Wildman–Crippen LogP) is 2.18. The van der Waals surface area contributed by atoms with Crippen molar-refractivity contribution < 1.29 is 14.3 Å². The molecule has 0 aliphatic heterocycles. The van der Waals surface area contributed by atoms with E-state index < -0.39 is 11.7 Å². The number of benzene rings is 1. The third-order valence-corrected chi connectivity index (χ3v) is 2.13. The number of aromatic nitrogens is 1. The summed E-state index contributed by atoms with van der Waals surface area (Å²) in [5.41, 5.74) is 0.412. The van der Waals surface area contributed by atoms with E-state index in [4.69, 9.17) is 0 Å². The highest BCUT2D eigenvalue weighted by Gasteiger charge is 2.10. The van der Waals surface area contributed by atoms with Crippen LogP contribution in [0, 0.1) is 5.82 Å². The van der Waals surface area contributed by atoms with E-state index in [2.05, 4.69) is 10.3 Å². The van der Waals surface area contributed by atoms with Crippen LogP contribution in [0.5, 0.6) is 5.75 Å². The maximum atomic E-state index is 12.9. The Morgan fingerprint density at radius 2 is 2.18 bits per heavy atom. The van der Waals surface area contributed by atoms with E-state index in [0.717, 1.165) is 0 Å². The molecule has 0 bridgehead atoms. The number of nitrogens with one attached hydrogen (secondary N) is 1. The number of amides is 1. The highest BCUT2D eigenvalue weighted by atomic mass is 19.1. The minimum absolute atomic E-state index is 0.0873. The summed E-state index contributed by atoms with van der Waals surface area (Å²) in [6, 6.07) is 6.89. The molecule has 1 aromatic heterocycles. The molecule has 0 aliphatic carbocycles. The number of hydrogen-bond acceptors (Lipinski definition) is 3. The number of nitrogens with zero attached hydrogens (tertiary/aromatic N) is 1. The van der Waals surface area contributed by atoms with Crippen molar-refractivity contribution in [1.29, 1.82) is 0 Å². The van der Waals surface area contributed by atoms with Gasteiger partial charge in [0.05, 0.1) is 11.8 Å². The summed E-state index contributed by atoms with van der Waals surface area (Å²) in [7, 11) is 0. The quantitative estimate of drug-likeness (QED) is 0.834. The number of halogens is 1. The molecule has 4 nitrogen and oxygen atoms in total. The molecule has 1 heterocycles. The van der Waals surface area contributed by atoms with Crippen molar-refractivity contribution in [1.82, 2.24) is 4.98 Å². The Bertz CT molecular complexity index is 558. The highest BCUT2D eigenvalue weighted by Crippen LogP contribution is 2.16. The molecule has 17 heavy (non-hydrogen) atoms. The predicted molar refractivity (Wildman–Crippen MR) is 60.3 cm³/mol. The first-order valence-electron chi connectivity index (χ1n) is 4.87. The van der Waals surface area contributed by atoms with Crippen LogP contribution >= 0.6 is 0 Å². The molecule has 0 saturated heterocycles. The Balaban J connectivity index is 2.20. The fraction of sp³-hybridized carbons (Fsp3) is 0. The van der Waals surface area contributed by atoms with Gasteiger partial charge in [0.1, 0.15) is 11.6 Å². The second kappa shape index (κ2) is 4.61. The van der Waals surface area contributed by atoms with Gasteiger partial charge in [-0.25, -0.2) is 4.39 Å². The van der Waals surface area contributed by atoms with Gasteiger partial charge in [0.2, 0.25) is 0 Å². The maximum Gasteiger partial charge on any atom is 0.259 e. The standard InChI is InChI=1S/C12H9FN2O2/c13-8-2-1-3-9(6-8)15-12(17)10-4-5-14-7-11(10)16/h1-7,16H,(H,15,17). The van der Waals surface area contributed by atoms with E-state index in [1.165, 1.54) is 36.7 Å². The van der Waals surface area contributed by atoms with Crippen LogP contribution in [0.25, 0.3) is 0 Å². The van der Waals surface area contributed by atoms with Gasteiger partial charge in [-0.3, -0.25) is 9.78 Å². The van der Waals surface area contributed by atoms with Crippen LogP contribution in [0.3, 0.4) is 0 Å². The van der Waals surface area contributed by atoms with Crippen LogP contribution in [0.1, 0.15) is 10.4 Å². The molecule has 1 amide bonds. The monoisotopic (exact) mass is 232 g/mol. The van der Waals surface area contributed by atoms with Crippen molar-refractivity contribution in [3.63, 3.8) is 0 Å². The summed E-state index contributed by atoms with van der Waals surface area (Å²) in [6.07, 6.45) is 2.56. The van der Waals surface area contributed by atoms with Crippen molar-refractivity contribution in [2.75, 3.05) is 5.32 Å². The molecule has 0 spiro atoms. The summed E-state index contributed by atoms with van der Waals surface area (Å²) in [5, 5.41) is 11.9. The fourth-order valence-corrected chi connectivity index (χ4v) is 1.34. The van der Waals surface area contributed by atoms with Crippen LogP contribution < -0.4 is 5.32 Å². The van der Waals surface area contributed by atoms with E-state index in [9.17, 15) is 14.3 Å². The minimum atomic E-state index is -0.518. The van der Waals surface area contributed by atoms with Gasteiger partial charge in [0.15, 0.2) is 0 Å². The van der Waals surface area contributed by atoms with Crippen LogP contribution in [-0.4, -0.2) is 16.0 Å². The lowest BCUT2D eigenvalue weighted by Crippen LogP contribution is -2.12. The molecular formula is C12H9FN2O2. The van der Waals surface area contributed by atoms with Gasteiger partial charge in [-0.05, 0) is 24.3 Å². The molecule has 1 aromatic carbocycles. The normalized spacial score (nSPS) is 9.94. The summed E-state index contributed by atoms with van der Waals surface area (Å²) in [5.74, 6) is -1.18. The van der Waals surface area contributed by atoms with Gasteiger partial charge in [-0.2, -0.15) is 0 Å². The van der Waals surface area contributed by atoms with Crippen LogP contribution in [0.4, 0.5) is 10.1 Å². The van der Waals surface area contributed by atoms with Crippen molar-refractivity contribution in [2.45, 2.75) is 0 Å². The average Bonchev–Trinajstić information content (AvgIpc) is 2.29. The topological polar surface area (TPSA) is 62.2 Å². The molecule has 5 heteroatoms. The molecule has 0 unspecified atom stereocenters. The maximum absolute atomic E-state index is 12.9. The molecule has 0 saturated carbocycles. The van der Waals surface area contributed by atoms with Crippen molar-refractivity contribution in [3.8, 4) is 5.75 Å². The second-order valence-electron chi connectivity index (χ2n) is 3.36. The number of carbonyl (C=O) groups excluding carboxylic acids is 1.